The second-order valence-corrected chi connectivity index (χ2v) is 8.31. The van der Waals surface area contributed by atoms with Gasteiger partial charge in [-0.2, -0.15) is 0 Å². The number of benzene rings is 1. The maximum atomic E-state index is 10.9. The summed E-state index contributed by atoms with van der Waals surface area (Å²) in [6.07, 6.45) is 0.222. The molecule has 1 aromatic rings. The van der Waals surface area contributed by atoms with E-state index in [4.69, 9.17) is 10.2 Å². The monoisotopic (exact) mass is 370 g/mol. The number of carboxylic acid groups (broad SMARTS) is 2. The highest BCUT2D eigenvalue weighted by atomic mass is 32.2. The molecule has 0 saturated carbocycles. The molecule has 3 N–H and O–H groups in total. The first-order chi connectivity index (χ1) is 11.3. The van der Waals surface area contributed by atoms with Crippen LogP contribution in [0, 0.1) is 13.8 Å². The molecular formula is C19H30O5S. The fraction of sp³-hybridized carbons (Fsp3) is 0.579. The Balaban J connectivity index is 0.00000101. The number of phenolic OH excluding ortho intramolecular Hbond substituents is 1. The third-order valence-corrected chi connectivity index (χ3v) is 4.99. The number of aliphatic carboxylic acids is 2. The summed E-state index contributed by atoms with van der Waals surface area (Å²) >= 11 is 1.38. The largest absolute Gasteiger partial charge is 0.507 e. The molecule has 5 nitrogen and oxygen atoms in total. The minimum atomic E-state index is -0.805. The van der Waals surface area contributed by atoms with Gasteiger partial charge in [-0.05, 0) is 48.4 Å². The molecule has 142 valence electrons. The summed E-state index contributed by atoms with van der Waals surface area (Å²) in [6.45, 7) is 13.4. The molecule has 25 heavy (non-hydrogen) atoms. The Labute approximate surface area is 154 Å². The topological polar surface area (TPSA) is 94.8 Å². The molecule has 0 aliphatic heterocycles. The number of carbonyl (C=O) groups is 2. The highest BCUT2D eigenvalue weighted by molar-refractivity contribution is 7.99. The third kappa shape index (κ3) is 7.38. The molecule has 1 unspecified atom stereocenters. The number of rotatable bonds is 5. The lowest BCUT2D eigenvalue weighted by Gasteiger charge is -2.24. The predicted octanol–water partition coefficient (Wildman–Crippen LogP) is 4.49. The number of thioether (sulfide) groups is 1. The van der Waals surface area contributed by atoms with Crippen molar-refractivity contribution >= 4 is 23.7 Å². The quantitative estimate of drug-likeness (QED) is 0.707. The Morgan fingerprint density at radius 1 is 1.20 bits per heavy atom. The van der Waals surface area contributed by atoms with Crippen LogP contribution in [0.2, 0.25) is 0 Å². The lowest BCUT2D eigenvalue weighted by molar-refractivity contribution is -0.137. The Hall–Kier alpha value is -1.69. The summed E-state index contributed by atoms with van der Waals surface area (Å²) < 4.78 is 0. The first kappa shape index (κ1) is 23.3. The summed E-state index contributed by atoms with van der Waals surface area (Å²) in [4.78, 5) is 20.2. The summed E-state index contributed by atoms with van der Waals surface area (Å²) in [7, 11) is 0. The SMILES string of the molecule is CCC(=O)O.Cc1cc(C(C)(C)C)c(O)c(C)c1CSC(C)C(=O)O. The molecule has 0 aromatic heterocycles. The maximum absolute atomic E-state index is 10.9. The van der Waals surface area contributed by atoms with Crippen LogP contribution in [-0.4, -0.2) is 32.5 Å². The summed E-state index contributed by atoms with van der Waals surface area (Å²) in [5.74, 6) is -0.615. The van der Waals surface area contributed by atoms with Gasteiger partial charge in [0, 0.05) is 12.2 Å². The molecule has 0 radical (unpaired) electrons. The maximum Gasteiger partial charge on any atom is 0.316 e. The highest BCUT2D eigenvalue weighted by Crippen LogP contribution is 2.37. The van der Waals surface area contributed by atoms with Crippen molar-refractivity contribution < 1.29 is 24.9 Å². The smallest absolute Gasteiger partial charge is 0.316 e. The van der Waals surface area contributed by atoms with E-state index in [0.29, 0.717) is 11.5 Å². The second-order valence-electron chi connectivity index (χ2n) is 6.98. The molecule has 0 spiro atoms. The Morgan fingerprint density at radius 3 is 2.04 bits per heavy atom. The van der Waals surface area contributed by atoms with Gasteiger partial charge in [0.1, 0.15) is 5.75 Å². The van der Waals surface area contributed by atoms with Gasteiger partial charge in [-0.15, -0.1) is 11.8 Å². The van der Waals surface area contributed by atoms with Crippen molar-refractivity contribution in [2.24, 2.45) is 0 Å². The van der Waals surface area contributed by atoms with E-state index in [-0.39, 0.29) is 11.8 Å². The van der Waals surface area contributed by atoms with Gasteiger partial charge in [-0.25, -0.2) is 0 Å². The van der Waals surface area contributed by atoms with Crippen molar-refractivity contribution in [3.8, 4) is 5.75 Å². The van der Waals surface area contributed by atoms with Crippen molar-refractivity contribution in [2.45, 2.75) is 71.3 Å². The van der Waals surface area contributed by atoms with Crippen LogP contribution in [0.25, 0.3) is 0 Å². The van der Waals surface area contributed by atoms with E-state index in [1.807, 2.05) is 19.9 Å². The van der Waals surface area contributed by atoms with Crippen LogP contribution in [0.15, 0.2) is 6.07 Å². The van der Waals surface area contributed by atoms with Crippen LogP contribution in [0.3, 0.4) is 0 Å². The molecule has 0 amide bonds. The zero-order valence-corrected chi connectivity index (χ0v) is 17.0. The fourth-order valence-corrected chi connectivity index (χ4v) is 3.09. The van der Waals surface area contributed by atoms with Crippen molar-refractivity contribution in [3.63, 3.8) is 0 Å². The molecule has 0 bridgehead atoms. The molecule has 1 aromatic carbocycles. The number of hydrogen-bond donors (Lipinski definition) is 3. The van der Waals surface area contributed by atoms with Gasteiger partial charge in [-0.3, -0.25) is 9.59 Å². The second kappa shape index (κ2) is 9.70. The molecule has 1 atom stereocenters. The molecule has 0 saturated heterocycles. The number of hydrogen-bond acceptors (Lipinski definition) is 4. The lowest BCUT2D eigenvalue weighted by Crippen LogP contribution is -2.14. The van der Waals surface area contributed by atoms with E-state index in [1.165, 1.54) is 11.8 Å². The van der Waals surface area contributed by atoms with E-state index >= 15 is 0 Å². The van der Waals surface area contributed by atoms with E-state index in [0.717, 1.165) is 22.3 Å². The summed E-state index contributed by atoms with van der Waals surface area (Å²) in [5.41, 5.74) is 3.83. The number of phenols is 1. The zero-order valence-electron chi connectivity index (χ0n) is 16.1. The number of aryl methyl sites for hydroxylation is 1. The molecule has 6 heteroatoms. The minimum absolute atomic E-state index is 0.111. The molecular weight excluding hydrogens is 340 g/mol. The van der Waals surface area contributed by atoms with Crippen LogP contribution < -0.4 is 0 Å². The van der Waals surface area contributed by atoms with Crippen molar-refractivity contribution in [2.75, 3.05) is 0 Å². The summed E-state index contributed by atoms with van der Waals surface area (Å²) in [5, 5.41) is 26.6. The lowest BCUT2D eigenvalue weighted by atomic mass is 9.83. The van der Waals surface area contributed by atoms with Crippen molar-refractivity contribution in [1.82, 2.24) is 0 Å². The van der Waals surface area contributed by atoms with E-state index in [9.17, 15) is 14.7 Å². The van der Waals surface area contributed by atoms with Gasteiger partial charge in [0.15, 0.2) is 0 Å². The van der Waals surface area contributed by atoms with Gasteiger partial charge in [-0.1, -0.05) is 33.8 Å². The molecule has 0 aliphatic rings. The molecule has 0 fully saturated rings. The number of carboxylic acids is 2. The van der Waals surface area contributed by atoms with Gasteiger partial charge in [0.05, 0.1) is 5.25 Å². The standard InChI is InChI=1S/C16H24O3S.C3H6O2/c1-9-7-13(16(4,5)6)14(17)10(2)12(9)8-20-11(3)15(18)19;1-2-3(4)5/h7,11,17H,8H2,1-6H3,(H,18,19);2H2,1H3,(H,4,5). The van der Waals surface area contributed by atoms with Crippen LogP contribution in [0.4, 0.5) is 0 Å². The van der Waals surface area contributed by atoms with Gasteiger partial charge >= 0.3 is 11.9 Å². The Bertz CT molecular complexity index is 617. The average molecular weight is 371 g/mol. The summed E-state index contributed by atoms with van der Waals surface area (Å²) in [6, 6.07) is 2.02. The van der Waals surface area contributed by atoms with Gasteiger partial charge < -0.3 is 15.3 Å². The molecule has 0 aliphatic carbocycles. The molecule has 1 rings (SSSR count). The number of aromatic hydroxyl groups is 1. The van der Waals surface area contributed by atoms with Crippen molar-refractivity contribution in [3.05, 3.63) is 28.3 Å². The molecule has 0 heterocycles. The van der Waals surface area contributed by atoms with Gasteiger partial charge in [0.2, 0.25) is 0 Å². The van der Waals surface area contributed by atoms with E-state index in [2.05, 4.69) is 20.8 Å². The van der Waals surface area contributed by atoms with E-state index in [1.54, 1.807) is 13.8 Å². The first-order valence-electron chi connectivity index (χ1n) is 8.21. The van der Waals surface area contributed by atoms with Crippen LogP contribution >= 0.6 is 11.8 Å². The normalized spacial score (nSPS) is 12.1. The zero-order chi connectivity index (χ0) is 19.9. The van der Waals surface area contributed by atoms with Crippen LogP contribution in [0.5, 0.6) is 5.75 Å². The average Bonchev–Trinajstić information content (AvgIpc) is 2.49. The first-order valence-corrected chi connectivity index (χ1v) is 9.26. The Morgan fingerprint density at radius 2 is 1.68 bits per heavy atom. The fourth-order valence-electron chi connectivity index (χ4n) is 2.09. The highest BCUT2D eigenvalue weighted by Gasteiger charge is 2.22. The van der Waals surface area contributed by atoms with Crippen LogP contribution in [0.1, 0.15) is 63.3 Å². The Kier molecular flexibility index (Phi) is 9.05. The predicted molar refractivity (Wildman–Crippen MR) is 103 cm³/mol. The van der Waals surface area contributed by atoms with Gasteiger partial charge in [0.25, 0.3) is 0 Å². The van der Waals surface area contributed by atoms with Crippen molar-refractivity contribution in [1.29, 1.82) is 0 Å². The van der Waals surface area contributed by atoms with E-state index < -0.39 is 17.2 Å². The van der Waals surface area contributed by atoms with Crippen LogP contribution in [-0.2, 0) is 20.8 Å². The minimum Gasteiger partial charge on any atom is -0.507 e. The third-order valence-electron chi connectivity index (χ3n) is 3.84.